The predicted octanol–water partition coefficient (Wildman–Crippen LogP) is 3.05. The van der Waals surface area contributed by atoms with Crippen LogP contribution in [0, 0.1) is 6.92 Å². The summed E-state index contributed by atoms with van der Waals surface area (Å²) in [6.07, 6.45) is 4.09. The van der Waals surface area contributed by atoms with Gasteiger partial charge >= 0.3 is 0 Å². The number of nitrogens with zero attached hydrogens (tertiary/aromatic N) is 3. The number of benzene rings is 2. The first-order valence-corrected chi connectivity index (χ1v) is 10.7. The lowest BCUT2D eigenvalue weighted by Gasteiger charge is -2.28. The Bertz CT molecular complexity index is 1270. The van der Waals surface area contributed by atoms with Crippen molar-refractivity contribution in [1.29, 1.82) is 0 Å². The standard InChI is InChI=1S/C25H27N3O5/c1-16-6-5-7-19-24(16)26-15-28(25(19)30)14-22(29)27-10-8-17(9-11-27)23-20(32-3)12-18(31-2)13-21(23)33-4/h5-8,12-13,15H,9-11,14H2,1-4H3. The van der Waals surface area contributed by atoms with E-state index >= 15 is 0 Å². The van der Waals surface area contributed by atoms with Crippen molar-refractivity contribution in [1.82, 2.24) is 14.5 Å². The third-order valence-corrected chi connectivity index (χ3v) is 5.96. The number of aryl methyl sites for hydroxylation is 1. The number of hydrogen-bond donors (Lipinski definition) is 0. The van der Waals surface area contributed by atoms with Gasteiger partial charge in [0.1, 0.15) is 23.8 Å². The molecular formula is C25H27N3O5. The van der Waals surface area contributed by atoms with Crippen LogP contribution in [0.2, 0.25) is 0 Å². The molecule has 2 aromatic carbocycles. The fraction of sp³-hybridized carbons (Fsp3) is 0.320. The number of aromatic nitrogens is 2. The Morgan fingerprint density at radius 2 is 1.82 bits per heavy atom. The summed E-state index contributed by atoms with van der Waals surface area (Å²) in [5, 5.41) is 0.518. The number of carbonyl (C=O) groups is 1. The van der Waals surface area contributed by atoms with Crippen molar-refractivity contribution < 1.29 is 19.0 Å². The van der Waals surface area contributed by atoms with E-state index in [2.05, 4.69) is 4.98 Å². The molecule has 33 heavy (non-hydrogen) atoms. The van der Waals surface area contributed by atoms with Crippen molar-refractivity contribution in [3.05, 3.63) is 64.2 Å². The molecule has 172 valence electrons. The molecule has 0 radical (unpaired) electrons. The Balaban J connectivity index is 1.54. The second kappa shape index (κ2) is 9.36. The van der Waals surface area contributed by atoms with Crippen LogP contribution >= 0.6 is 0 Å². The van der Waals surface area contributed by atoms with Crippen LogP contribution in [0.1, 0.15) is 17.5 Å². The van der Waals surface area contributed by atoms with Crippen LogP contribution in [0.25, 0.3) is 16.5 Å². The molecule has 0 N–H and O–H groups in total. The summed E-state index contributed by atoms with van der Waals surface area (Å²) < 4.78 is 17.8. The lowest BCUT2D eigenvalue weighted by atomic mass is 9.97. The molecule has 0 fully saturated rings. The quantitative estimate of drug-likeness (QED) is 0.575. The molecule has 0 unspecified atom stereocenters. The van der Waals surface area contributed by atoms with E-state index in [9.17, 15) is 9.59 Å². The van der Waals surface area contributed by atoms with Gasteiger partial charge in [0.05, 0.1) is 44.1 Å². The summed E-state index contributed by atoms with van der Waals surface area (Å²) in [6.45, 7) is 2.82. The average molecular weight is 450 g/mol. The van der Waals surface area contributed by atoms with Crippen molar-refractivity contribution in [3.8, 4) is 17.2 Å². The predicted molar refractivity (Wildman–Crippen MR) is 126 cm³/mol. The fourth-order valence-corrected chi connectivity index (χ4v) is 4.14. The smallest absolute Gasteiger partial charge is 0.261 e. The zero-order valence-electron chi connectivity index (χ0n) is 19.3. The minimum Gasteiger partial charge on any atom is -0.496 e. The van der Waals surface area contributed by atoms with E-state index < -0.39 is 0 Å². The van der Waals surface area contributed by atoms with Gasteiger partial charge in [-0.2, -0.15) is 0 Å². The van der Waals surface area contributed by atoms with Crippen LogP contribution in [0.5, 0.6) is 17.2 Å². The van der Waals surface area contributed by atoms with E-state index in [0.29, 0.717) is 47.7 Å². The molecule has 0 saturated heterocycles. The van der Waals surface area contributed by atoms with E-state index in [1.165, 1.54) is 10.9 Å². The summed E-state index contributed by atoms with van der Waals surface area (Å²) in [5.74, 6) is 1.82. The molecule has 0 saturated carbocycles. The van der Waals surface area contributed by atoms with Crippen molar-refractivity contribution in [2.45, 2.75) is 19.9 Å². The van der Waals surface area contributed by atoms with Gasteiger partial charge < -0.3 is 19.1 Å². The van der Waals surface area contributed by atoms with Crippen molar-refractivity contribution in [2.24, 2.45) is 0 Å². The number of methoxy groups -OCH3 is 3. The first-order chi connectivity index (χ1) is 16.0. The highest BCUT2D eigenvalue weighted by molar-refractivity contribution is 5.82. The van der Waals surface area contributed by atoms with E-state index in [1.807, 2.05) is 37.3 Å². The maximum atomic E-state index is 12.9. The van der Waals surface area contributed by atoms with Gasteiger partial charge in [-0.25, -0.2) is 4.98 Å². The zero-order chi connectivity index (χ0) is 23.5. The number of rotatable bonds is 6. The Morgan fingerprint density at radius 3 is 2.42 bits per heavy atom. The van der Waals surface area contributed by atoms with E-state index in [-0.39, 0.29) is 18.0 Å². The van der Waals surface area contributed by atoms with E-state index in [0.717, 1.165) is 16.7 Å². The number of hydrogen-bond acceptors (Lipinski definition) is 6. The maximum Gasteiger partial charge on any atom is 0.261 e. The highest BCUT2D eigenvalue weighted by Gasteiger charge is 2.23. The first-order valence-electron chi connectivity index (χ1n) is 10.7. The van der Waals surface area contributed by atoms with Crippen LogP contribution in [-0.2, 0) is 11.3 Å². The van der Waals surface area contributed by atoms with Crippen molar-refractivity contribution in [3.63, 3.8) is 0 Å². The highest BCUT2D eigenvalue weighted by atomic mass is 16.5. The molecule has 1 aliphatic heterocycles. The van der Waals surface area contributed by atoms with Crippen LogP contribution in [-0.4, -0.2) is 54.8 Å². The molecule has 1 aliphatic rings. The van der Waals surface area contributed by atoms with E-state index in [1.54, 1.807) is 32.3 Å². The van der Waals surface area contributed by atoms with Gasteiger partial charge in [0, 0.05) is 25.2 Å². The molecule has 0 aliphatic carbocycles. The van der Waals surface area contributed by atoms with Gasteiger partial charge in [-0.1, -0.05) is 18.2 Å². The second-order valence-electron chi connectivity index (χ2n) is 7.87. The molecular weight excluding hydrogens is 422 g/mol. The van der Waals surface area contributed by atoms with Crippen LogP contribution in [0.4, 0.5) is 0 Å². The minimum absolute atomic E-state index is 0.0476. The largest absolute Gasteiger partial charge is 0.496 e. The van der Waals surface area contributed by atoms with Crippen molar-refractivity contribution in [2.75, 3.05) is 34.4 Å². The second-order valence-corrected chi connectivity index (χ2v) is 7.87. The third-order valence-electron chi connectivity index (χ3n) is 5.96. The van der Waals surface area contributed by atoms with Gasteiger partial charge in [0.25, 0.3) is 5.56 Å². The van der Waals surface area contributed by atoms with Gasteiger partial charge in [-0.15, -0.1) is 0 Å². The summed E-state index contributed by atoms with van der Waals surface area (Å²) in [7, 11) is 4.80. The van der Waals surface area contributed by atoms with Gasteiger partial charge in [0.15, 0.2) is 0 Å². The molecule has 1 aromatic heterocycles. The van der Waals surface area contributed by atoms with Crippen LogP contribution in [0.15, 0.2) is 47.5 Å². The Morgan fingerprint density at radius 1 is 1.09 bits per heavy atom. The Hall–Kier alpha value is -3.81. The lowest BCUT2D eigenvalue weighted by Crippen LogP contribution is -2.39. The summed E-state index contributed by atoms with van der Waals surface area (Å²) in [5.41, 5.74) is 3.28. The molecule has 8 nitrogen and oxygen atoms in total. The lowest BCUT2D eigenvalue weighted by molar-refractivity contribution is -0.131. The van der Waals surface area contributed by atoms with Crippen molar-refractivity contribution >= 4 is 22.4 Å². The SMILES string of the molecule is COc1cc(OC)c(C2=CCN(C(=O)Cn3cnc4c(C)cccc4c3=O)CC2)c(OC)c1. The number of para-hydroxylation sites is 1. The normalized spacial score (nSPS) is 13.6. The summed E-state index contributed by atoms with van der Waals surface area (Å²) >= 11 is 0. The maximum absolute atomic E-state index is 12.9. The van der Waals surface area contributed by atoms with E-state index in [4.69, 9.17) is 14.2 Å². The van der Waals surface area contributed by atoms with Gasteiger partial charge in [-0.3, -0.25) is 14.2 Å². The Kier molecular flexibility index (Phi) is 6.35. The van der Waals surface area contributed by atoms with Gasteiger partial charge in [0.2, 0.25) is 5.91 Å². The number of fused-ring (bicyclic) bond motifs is 1. The fourth-order valence-electron chi connectivity index (χ4n) is 4.14. The first kappa shape index (κ1) is 22.4. The topological polar surface area (TPSA) is 82.9 Å². The van der Waals surface area contributed by atoms with Crippen LogP contribution in [0.3, 0.4) is 0 Å². The molecule has 8 heteroatoms. The third kappa shape index (κ3) is 4.28. The summed E-state index contributed by atoms with van der Waals surface area (Å²) in [4.78, 5) is 31.9. The minimum atomic E-state index is -0.210. The molecule has 0 atom stereocenters. The molecule has 3 aromatic rings. The molecule has 0 spiro atoms. The average Bonchev–Trinajstić information content (AvgIpc) is 2.85. The number of amides is 1. The molecule has 4 rings (SSSR count). The molecule has 1 amide bonds. The summed E-state index contributed by atoms with van der Waals surface area (Å²) in [6, 6.07) is 9.11. The molecule has 2 heterocycles. The van der Waals surface area contributed by atoms with Crippen LogP contribution < -0.4 is 19.8 Å². The number of ether oxygens (including phenoxy) is 3. The van der Waals surface area contributed by atoms with Gasteiger partial charge in [-0.05, 0) is 30.5 Å². The monoisotopic (exact) mass is 449 g/mol. The zero-order valence-corrected chi connectivity index (χ0v) is 19.3. The number of carbonyl (C=O) groups excluding carboxylic acids is 1. The highest BCUT2D eigenvalue weighted by Crippen LogP contribution is 2.40. The molecule has 0 bridgehead atoms. The Labute approximate surface area is 192 Å².